The molecular weight excluding hydrogens is 294 g/mol. The molecule has 0 aliphatic rings. The molecule has 22 heavy (non-hydrogen) atoms. The second-order valence-corrected chi connectivity index (χ2v) is 5.19. The van der Waals surface area contributed by atoms with Gasteiger partial charge in [-0.15, -0.1) is 0 Å². The molecule has 2 rings (SSSR count). The Morgan fingerprint density at radius 1 is 0.773 bits per heavy atom. The summed E-state index contributed by atoms with van der Waals surface area (Å²) in [7, 11) is 0. The number of thiocarbonyl (C=S) groups is 1. The maximum Gasteiger partial charge on any atom is 0.239 e. The molecule has 0 radical (unpaired) electrons. The van der Waals surface area contributed by atoms with Crippen LogP contribution in [0.4, 0.5) is 0 Å². The number of carbonyl (C=O) groups excluding carboxylic acids is 1. The third kappa shape index (κ3) is 5.93. The van der Waals surface area contributed by atoms with Crippen molar-refractivity contribution in [2.45, 2.75) is 13.1 Å². The van der Waals surface area contributed by atoms with Gasteiger partial charge in [0.25, 0.3) is 0 Å². The van der Waals surface area contributed by atoms with E-state index in [4.69, 9.17) is 12.2 Å². The van der Waals surface area contributed by atoms with Crippen molar-refractivity contribution in [2.24, 2.45) is 0 Å². The number of hydrogen-bond donors (Lipinski definition) is 3. The fourth-order valence-electron chi connectivity index (χ4n) is 1.86. The van der Waals surface area contributed by atoms with E-state index in [0.717, 1.165) is 11.1 Å². The Bertz CT molecular complexity index is 546. The van der Waals surface area contributed by atoms with Crippen molar-refractivity contribution in [3.63, 3.8) is 0 Å². The molecule has 114 valence electrons. The van der Waals surface area contributed by atoms with Gasteiger partial charge in [-0.2, -0.15) is 0 Å². The molecule has 0 unspecified atom stereocenters. The van der Waals surface area contributed by atoms with Crippen LogP contribution in [-0.2, 0) is 17.9 Å². The van der Waals surface area contributed by atoms with Gasteiger partial charge in [0.2, 0.25) is 5.91 Å². The average Bonchev–Trinajstić information content (AvgIpc) is 2.58. The SMILES string of the molecule is O=C(CNC(=S)NCc1ccccc1)NCc1ccccc1. The van der Waals surface area contributed by atoms with E-state index in [9.17, 15) is 4.79 Å². The first-order valence-corrected chi connectivity index (χ1v) is 7.51. The van der Waals surface area contributed by atoms with E-state index in [0.29, 0.717) is 18.2 Å². The van der Waals surface area contributed by atoms with Crippen molar-refractivity contribution in [2.75, 3.05) is 6.54 Å². The van der Waals surface area contributed by atoms with Crippen LogP contribution in [0.2, 0.25) is 0 Å². The second-order valence-electron chi connectivity index (χ2n) is 4.78. The predicted molar refractivity (Wildman–Crippen MR) is 92.2 cm³/mol. The smallest absolute Gasteiger partial charge is 0.239 e. The Labute approximate surface area is 135 Å². The molecule has 0 spiro atoms. The molecule has 5 heteroatoms. The van der Waals surface area contributed by atoms with Gasteiger partial charge in [0, 0.05) is 13.1 Å². The highest BCUT2D eigenvalue weighted by Crippen LogP contribution is 1.97. The van der Waals surface area contributed by atoms with Crippen molar-refractivity contribution in [1.29, 1.82) is 0 Å². The largest absolute Gasteiger partial charge is 0.359 e. The molecule has 0 atom stereocenters. The molecule has 0 heterocycles. The summed E-state index contributed by atoms with van der Waals surface area (Å²) in [6, 6.07) is 19.7. The molecule has 0 aliphatic heterocycles. The van der Waals surface area contributed by atoms with Gasteiger partial charge in [0.15, 0.2) is 5.11 Å². The van der Waals surface area contributed by atoms with Crippen molar-refractivity contribution < 1.29 is 4.79 Å². The first kappa shape index (κ1) is 16.0. The molecule has 1 amide bonds. The highest BCUT2D eigenvalue weighted by atomic mass is 32.1. The van der Waals surface area contributed by atoms with Crippen LogP contribution in [0.3, 0.4) is 0 Å². The summed E-state index contributed by atoms with van der Waals surface area (Å²) in [5.41, 5.74) is 2.21. The topological polar surface area (TPSA) is 53.2 Å². The molecule has 0 saturated carbocycles. The minimum absolute atomic E-state index is 0.0901. The molecule has 0 bridgehead atoms. The van der Waals surface area contributed by atoms with Crippen molar-refractivity contribution in [3.05, 3.63) is 71.8 Å². The number of amides is 1. The fourth-order valence-corrected chi connectivity index (χ4v) is 2.00. The standard InChI is InChI=1S/C17H19N3OS/c21-16(18-11-14-7-3-1-4-8-14)13-20-17(22)19-12-15-9-5-2-6-10-15/h1-10H,11-13H2,(H,18,21)(H2,19,20,22). The van der Waals surface area contributed by atoms with Gasteiger partial charge in [-0.1, -0.05) is 60.7 Å². The van der Waals surface area contributed by atoms with E-state index in [1.165, 1.54) is 0 Å². The fraction of sp³-hybridized carbons (Fsp3) is 0.176. The Hall–Kier alpha value is -2.40. The molecule has 0 aliphatic carbocycles. The van der Waals surface area contributed by atoms with E-state index in [1.807, 2.05) is 60.7 Å². The summed E-state index contributed by atoms with van der Waals surface area (Å²) in [6.07, 6.45) is 0. The maximum atomic E-state index is 11.7. The van der Waals surface area contributed by atoms with Crippen molar-refractivity contribution in [3.8, 4) is 0 Å². The first-order valence-electron chi connectivity index (χ1n) is 7.10. The second kappa shape index (κ2) is 8.79. The number of carbonyl (C=O) groups is 1. The van der Waals surface area contributed by atoms with E-state index in [2.05, 4.69) is 16.0 Å². The Morgan fingerprint density at radius 2 is 1.27 bits per heavy atom. The van der Waals surface area contributed by atoms with Gasteiger partial charge < -0.3 is 16.0 Å². The zero-order valence-electron chi connectivity index (χ0n) is 12.2. The highest BCUT2D eigenvalue weighted by Gasteiger charge is 2.02. The van der Waals surface area contributed by atoms with Gasteiger partial charge >= 0.3 is 0 Å². The van der Waals surface area contributed by atoms with Gasteiger partial charge in [0.1, 0.15) is 0 Å². The minimum Gasteiger partial charge on any atom is -0.359 e. The van der Waals surface area contributed by atoms with Crippen LogP contribution in [0.1, 0.15) is 11.1 Å². The summed E-state index contributed by atoms with van der Waals surface area (Å²) in [5, 5.41) is 9.28. The van der Waals surface area contributed by atoms with E-state index >= 15 is 0 Å². The normalized spacial score (nSPS) is 9.82. The van der Waals surface area contributed by atoms with E-state index in [-0.39, 0.29) is 12.5 Å². The predicted octanol–water partition coefficient (Wildman–Crippen LogP) is 1.97. The summed E-state index contributed by atoms with van der Waals surface area (Å²) in [5.74, 6) is -0.0901. The van der Waals surface area contributed by atoms with E-state index in [1.54, 1.807) is 0 Å². The van der Waals surface area contributed by atoms with Crippen LogP contribution in [-0.4, -0.2) is 17.6 Å². The van der Waals surface area contributed by atoms with Crippen LogP contribution < -0.4 is 16.0 Å². The molecule has 2 aromatic rings. The van der Waals surface area contributed by atoms with Crippen LogP contribution in [0, 0.1) is 0 Å². The summed E-state index contributed by atoms with van der Waals surface area (Å²) in [4.78, 5) is 11.7. The van der Waals surface area contributed by atoms with Gasteiger partial charge in [0.05, 0.1) is 6.54 Å². The van der Waals surface area contributed by atoms with Crippen LogP contribution >= 0.6 is 12.2 Å². The third-order valence-electron chi connectivity index (χ3n) is 3.04. The minimum atomic E-state index is -0.0901. The number of hydrogen-bond acceptors (Lipinski definition) is 2. The molecule has 2 aromatic carbocycles. The lowest BCUT2D eigenvalue weighted by molar-refractivity contribution is -0.120. The lowest BCUT2D eigenvalue weighted by atomic mass is 10.2. The Balaban J connectivity index is 1.62. The van der Waals surface area contributed by atoms with Crippen molar-refractivity contribution in [1.82, 2.24) is 16.0 Å². The lowest BCUT2D eigenvalue weighted by Gasteiger charge is -2.11. The van der Waals surface area contributed by atoms with E-state index < -0.39 is 0 Å². The highest BCUT2D eigenvalue weighted by molar-refractivity contribution is 7.80. The number of rotatable bonds is 6. The third-order valence-corrected chi connectivity index (χ3v) is 3.33. The van der Waals surface area contributed by atoms with Crippen LogP contribution in [0.15, 0.2) is 60.7 Å². The molecule has 0 saturated heterocycles. The summed E-state index contributed by atoms with van der Waals surface area (Å²) >= 11 is 5.15. The molecular formula is C17H19N3OS. The first-order chi connectivity index (χ1) is 10.7. The zero-order chi connectivity index (χ0) is 15.6. The van der Waals surface area contributed by atoms with Gasteiger partial charge in [-0.3, -0.25) is 4.79 Å². The number of benzene rings is 2. The summed E-state index contributed by atoms with van der Waals surface area (Å²) in [6.45, 7) is 1.32. The van der Waals surface area contributed by atoms with Crippen LogP contribution in [0.5, 0.6) is 0 Å². The zero-order valence-corrected chi connectivity index (χ0v) is 13.0. The number of nitrogens with one attached hydrogen (secondary N) is 3. The lowest BCUT2D eigenvalue weighted by Crippen LogP contribution is -2.41. The molecule has 3 N–H and O–H groups in total. The molecule has 0 aromatic heterocycles. The molecule has 0 fully saturated rings. The van der Waals surface area contributed by atoms with Crippen molar-refractivity contribution >= 4 is 23.2 Å². The Kier molecular flexibility index (Phi) is 6.39. The Morgan fingerprint density at radius 3 is 1.82 bits per heavy atom. The quantitative estimate of drug-likeness (QED) is 0.714. The van der Waals surface area contributed by atoms with Crippen LogP contribution in [0.25, 0.3) is 0 Å². The van der Waals surface area contributed by atoms with Gasteiger partial charge in [-0.25, -0.2) is 0 Å². The average molecular weight is 313 g/mol. The van der Waals surface area contributed by atoms with Gasteiger partial charge in [-0.05, 0) is 23.3 Å². The maximum absolute atomic E-state index is 11.7. The monoisotopic (exact) mass is 313 g/mol. The molecule has 4 nitrogen and oxygen atoms in total. The summed E-state index contributed by atoms with van der Waals surface area (Å²) < 4.78 is 0.